The molecule has 0 atom stereocenters. The minimum absolute atomic E-state index is 0.247. The number of nitrogens with zero attached hydrogens (tertiary/aromatic N) is 7. The van der Waals surface area contributed by atoms with Crippen LogP contribution in [0.25, 0.3) is 50.4 Å². The van der Waals surface area contributed by atoms with Gasteiger partial charge in [-0.1, -0.05) is 6.07 Å². The second kappa shape index (κ2) is 8.59. The van der Waals surface area contributed by atoms with Gasteiger partial charge in [0.2, 0.25) is 0 Å². The number of pyridine rings is 2. The van der Waals surface area contributed by atoms with Crippen LogP contribution in [0.3, 0.4) is 0 Å². The molecule has 0 aliphatic carbocycles. The smallest absolute Gasteiger partial charge is 0.161 e. The highest BCUT2D eigenvalue weighted by Gasteiger charge is 2.22. The van der Waals surface area contributed by atoms with Crippen molar-refractivity contribution in [3.8, 4) is 28.5 Å². The van der Waals surface area contributed by atoms with Gasteiger partial charge in [-0.05, 0) is 56.6 Å². The van der Waals surface area contributed by atoms with Crippen LogP contribution in [0.15, 0.2) is 55.4 Å². The number of halogens is 1. The first kappa shape index (κ1) is 21.8. The van der Waals surface area contributed by atoms with Gasteiger partial charge in [0.05, 0.1) is 40.3 Å². The summed E-state index contributed by atoms with van der Waals surface area (Å²) in [4.78, 5) is 23.6. The minimum Gasteiger partial charge on any atom is -0.336 e. The Balaban J connectivity index is 1.31. The highest BCUT2D eigenvalue weighted by Crippen LogP contribution is 2.33. The van der Waals surface area contributed by atoms with Crippen molar-refractivity contribution in [1.29, 1.82) is 0 Å². The van der Waals surface area contributed by atoms with Gasteiger partial charge in [0.1, 0.15) is 16.9 Å². The van der Waals surface area contributed by atoms with E-state index in [1.54, 1.807) is 18.7 Å². The van der Waals surface area contributed by atoms with E-state index in [2.05, 4.69) is 35.0 Å². The number of para-hydroxylation sites is 1. The molecule has 0 bridgehead atoms. The third-order valence-electron chi connectivity index (χ3n) is 6.92. The molecule has 1 aliphatic heterocycles. The fraction of sp³-hybridized carbons (Fsp3) is 0.222. The summed E-state index contributed by atoms with van der Waals surface area (Å²) in [6, 6.07) is 7.83. The Hall–Kier alpha value is -4.44. The Morgan fingerprint density at radius 3 is 2.76 bits per heavy atom. The first-order valence-electron chi connectivity index (χ1n) is 12.3. The Bertz CT molecular complexity index is 1760. The fourth-order valence-corrected chi connectivity index (χ4v) is 5.14. The number of aryl methyl sites for hydroxylation is 1. The monoisotopic (exact) mass is 493 g/mol. The number of rotatable bonds is 5. The molecule has 37 heavy (non-hydrogen) atoms. The van der Waals surface area contributed by atoms with E-state index in [4.69, 9.17) is 4.98 Å². The van der Waals surface area contributed by atoms with Crippen molar-refractivity contribution >= 4 is 21.9 Å². The summed E-state index contributed by atoms with van der Waals surface area (Å²) in [6.45, 7) is 4.91. The molecule has 7 rings (SSSR count). The van der Waals surface area contributed by atoms with Crippen molar-refractivity contribution < 1.29 is 4.39 Å². The average Bonchev–Trinajstić information content (AvgIpc) is 3.70. The van der Waals surface area contributed by atoms with Gasteiger partial charge in [0, 0.05) is 30.7 Å². The molecular weight excluding hydrogens is 469 g/mol. The molecule has 1 saturated heterocycles. The van der Waals surface area contributed by atoms with Gasteiger partial charge in [-0.3, -0.25) is 20.0 Å². The van der Waals surface area contributed by atoms with Gasteiger partial charge < -0.3 is 9.55 Å². The highest BCUT2D eigenvalue weighted by molar-refractivity contribution is 5.96. The molecule has 2 N–H and O–H groups in total. The van der Waals surface area contributed by atoms with Crippen LogP contribution >= 0.6 is 0 Å². The van der Waals surface area contributed by atoms with Crippen LogP contribution in [0.2, 0.25) is 0 Å². The molecule has 1 aromatic carbocycles. The number of aromatic amines is 2. The summed E-state index contributed by atoms with van der Waals surface area (Å²) < 4.78 is 18.0. The first-order chi connectivity index (χ1) is 18.1. The summed E-state index contributed by atoms with van der Waals surface area (Å²) in [7, 11) is 0. The first-order valence-corrected chi connectivity index (χ1v) is 12.3. The van der Waals surface area contributed by atoms with E-state index >= 15 is 4.39 Å². The van der Waals surface area contributed by atoms with Crippen molar-refractivity contribution in [1.82, 2.24) is 44.6 Å². The van der Waals surface area contributed by atoms with Crippen LogP contribution in [0, 0.1) is 12.7 Å². The van der Waals surface area contributed by atoms with E-state index in [-0.39, 0.29) is 5.69 Å². The Kier molecular flexibility index (Phi) is 5.07. The van der Waals surface area contributed by atoms with Gasteiger partial charge in [0.15, 0.2) is 11.6 Å². The summed E-state index contributed by atoms with van der Waals surface area (Å²) in [5.41, 5.74) is 6.21. The topological polar surface area (TPSA) is 104 Å². The number of nitrogens with one attached hydrogen (secondary N) is 2. The van der Waals surface area contributed by atoms with E-state index in [0.29, 0.717) is 28.0 Å². The molecule has 9 nitrogen and oxygen atoms in total. The zero-order valence-corrected chi connectivity index (χ0v) is 20.2. The van der Waals surface area contributed by atoms with Crippen molar-refractivity contribution in [3.05, 3.63) is 72.5 Å². The number of hydrogen-bond donors (Lipinski definition) is 2. The normalized spacial score (nSPS) is 14.3. The number of aromatic nitrogens is 8. The molecule has 1 aliphatic rings. The molecule has 1 fully saturated rings. The van der Waals surface area contributed by atoms with Crippen LogP contribution in [0.5, 0.6) is 0 Å². The Morgan fingerprint density at radius 2 is 1.92 bits per heavy atom. The molecule has 0 saturated carbocycles. The van der Waals surface area contributed by atoms with E-state index in [1.165, 1.54) is 12.8 Å². The summed E-state index contributed by atoms with van der Waals surface area (Å²) >= 11 is 0. The maximum absolute atomic E-state index is 16.1. The largest absolute Gasteiger partial charge is 0.336 e. The Labute approximate surface area is 211 Å². The van der Waals surface area contributed by atoms with Gasteiger partial charge >= 0.3 is 0 Å². The lowest BCUT2D eigenvalue weighted by Crippen LogP contribution is -2.18. The van der Waals surface area contributed by atoms with Gasteiger partial charge in [-0.2, -0.15) is 5.10 Å². The Morgan fingerprint density at radius 1 is 1.03 bits per heavy atom. The predicted molar refractivity (Wildman–Crippen MR) is 139 cm³/mol. The van der Waals surface area contributed by atoms with Crippen LogP contribution < -0.4 is 0 Å². The number of fused-ring (bicyclic) bond motifs is 2. The number of H-pyrrole nitrogens is 2. The lowest BCUT2D eigenvalue weighted by molar-refractivity contribution is 0.331. The average molecular weight is 494 g/mol. The second-order valence-electron chi connectivity index (χ2n) is 9.53. The number of likely N-dealkylation sites (tertiary alicyclic amines) is 1. The third-order valence-corrected chi connectivity index (χ3v) is 6.92. The number of benzene rings is 1. The van der Waals surface area contributed by atoms with Crippen molar-refractivity contribution in [2.24, 2.45) is 0 Å². The standard InChI is InChI=1S/C27H24FN9/c1-16-13-37(15-31-16)21-6-4-5-19-25(21)33-27(32-19)26-22-20(34-35-26)12-30-24(23(22)28)18-9-17(10-29-11-18)14-36-7-2-3-8-36/h4-6,9-13,15H,2-3,7-8,14H2,1H3,(H,32,33)(H,34,35). The molecule has 0 amide bonds. The van der Waals surface area contributed by atoms with Crippen molar-refractivity contribution in [2.45, 2.75) is 26.3 Å². The van der Waals surface area contributed by atoms with Crippen LogP contribution in [-0.2, 0) is 6.54 Å². The van der Waals surface area contributed by atoms with Crippen molar-refractivity contribution in [3.63, 3.8) is 0 Å². The zero-order chi connectivity index (χ0) is 24.9. The fourth-order valence-electron chi connectivity index (χ4n) is 5.14. The quantitative estimate of drug-likeness (QED) is 0.358. The maximum atomic E-state index is 16.1. The SMILES string of the molecule is Cc1cn(-c2cccc3[nH]c(-c4n[nH]c5cnc(-c6cncc(CN7CCCC7)c6)c(F)c45)nc23)cn1. The van der Waals surface area contributed by atoms with Gasteiger partial charge in [-0.15, -0.1) is 0 Å². The molecule has 5 aromatic heterocycles. The molecular formula is C27H24FN9. The molecule has 184 valence electrons. The minimum atomic E-state index is -0.452. The van der Waals surface area contributed by atoms with Crippen molar-refractivity contribution in [2.75, 3.05) is 13.1 Å². The lowest BCUT2D eigenvalue weighted by Gasteiger charge is -2.14. The maximum Gasteiger partial charge on any atom is 0.161 e. The molecule has 0 spiro atoms. The summed E-state index contributed by atoms with van der Waals surface area (Å²) in [6.07, 6.45) is 11.2. The lowest BCUT2D eigenvalue weighted by atomic mass is 10.1. The molecule has 0 unspecified atom stereocenters. The molecule has 6 heterocycles. The predicted octanol–water partition coefficient (Wildman–Crippen LogP) is 4.79. The summed E-state index contributed by atoms with van der Waals surface area (Å²) in [5.74, 6) is 0.0229. The zero-order valence-electron chi connectivity index (χ0n) is 20.2. The van der Waals surface area contributed by atoms with E-state index < -0.39 is 5.82 Å². The van der Waals surface area contributed by atoms with E-state index in [1.807, 2.05) is 48.1 Å². The van der Waals surface area contributed by atoms with Crippen LogP contribution in [-0.4, -0.2) is 57.7 Å². The van der Waals surface area contributed by atoms with Gasteiger partial charge in [-0.25, -0.2) is 14.4 Å². The molecule has 10 heteroatoms. The molecule has 0 radical (unpaired) electrons. The number of hydrogen-bond acceptors (Lipinski definition) is 6. The highest BCUT2D eigenvalue weighted by atomic mass is 19.1. The van der Waals surface area contributed by atoms with Crippen LogP contribution in [0.1, 0.15) is 24.1 Å². The molecule has 6 aromatic rings. The summed E-state index contributed by atoms with van der Waals surface area (Å²) in [5, 5.41) is 7.66. The van der Waals surface area contributed by atoms with Gasteiger partial charge in [0.25, 0.3) is 0 Å². The second-order valence-corrected chi connectivity index (χ2v) is 9.53. The third kappa shape index (κ3) is 3.77. The van der Waals surface area contributed by atoms with E-state index in [0.717, 1.165) is 47.6 Å². The number of imidazole rings is 2. The van der Waals surface area contributed by atoms with Crippen LogP contribution in [0.4, 0.5) is 4.39 Å². The van der Waals surface area contributed by atoms with E-state index in [9.17, 15) is 0 Å².